The molecule has 8 heavy (non-hydrogen) atoms. The highest BCUT2D eigenvalue weighted by Crippen LogP contribution is 1.71. The molecule has 1 N–H and O–H groups in total. The molecule has 46 valence electrons. The molecule has 0 fully saturated rings. The number of hydrogen-bond acceptors (Lipinski definition) is 4. The lowest BCUT2D eigenvalue weighted by molar-refractivity contribution is -0.121. The van der Waals surface area contributed by atoms with Gasteiger partial charge in [0.15, 0.2) is 0 Å². The summed E-state index contributed by atoms with van der Waals surface area (Å²) in [6, 6.07) is 0. The van der Waals surface area contributed by atoms with Crippen molar-refractivity contribution in [1.29, 1.82) is 0 Å². The summed E-state index contributed by atoms with van der Waals surface area (Å²) < 4.78 is 4.29. The second kappa shape index (κ2) is 4.11. The molecule has 0 aromatic heterocycles. The van der Waals surface area contributed by atoms with E-state index in [-0.39, 0.29) is 0 Å². The Morgan fingerprint density at radius 3 is 2.88 bits per heavy atom. The predicted molar refractivity (Wildman–Crippen MR) is 29.3 cm³/mol. The Hall–Kier alpha value is -1.06. The van der Waals surface area contributed by atoms with Gasteiger partial charge in [0.25, 0.3) is 6.47 Å². The van der Waals surface area contributed by atoms with Crippen molar-refractivity contribution < 1.29 is 9.53 Å². The summed E-state index contributed by atoms with van der Waals surface area (Å²) in [6.07, 6.45) is 0. The average Bonchev–Trinajstić information content (AvgIpc) is 1.68. The molecule has 0 aliphatic heterocycles. The van der Waals surface area contributed by atoms with Crippen LogP contribution in [0.1, 0.15) is 6.92 Å². The van der Waals surface area contributed by atoms with Crippen LogP contribution in [0.25, 0.3) is 0 Å². The molecule has 0 saturated heterocycles. The number of rotatable bonds is 2. The van der Waals surface area contributed by atoms with Gasteiger partial charge in [0.1, 0.15) is 0 Å². The van der Waals surface area contributed by atoms with E-state index in [9.17, 15) is 4.79 Å². The number of ether oxygens (including phenoxy) is 1. The van der Waals surface area contributed by atoms with Crippen LogP contribution in [0.15, 0.2) is 5.10 Å². The highest BCUT2D eigenvalue weighted by molar-refractivity contribution is 5.79. The Bertz CT molecular complexity index is 100. The normalized spacial score (nSPS) is 10.5. The summed E-state index contributed by atoms with van der Waals surface area (Å²) in [5.74, 6) is 0.308. The fraction of sp³-hybridized carbons (Fsp3) is 0.500. The third kappa shape index (κ3) is 3.14. The van der Waals surface area contributed by atoms with E-state index in [0.29, 0.717) is 12.4 Å². The quantitative estimate of drug-likeness (QED) is 0.233. The molecule has 0 aromatic carbocycles. The zero-order valence-corrected chi connectivity index (χ0v) is 4.84. The molecule has 0 saturated carbocycles. The molecule has 0 radical (unpaired) electrons. The van der Waals surface area contributed by atoms with Crippen molar-refractivity contribution in [3.63, 3.8) is 0 Å². The lowest BCUT2D eigenvalue weighted by Crippen LogP contribution is -2.04. The Balaban J connectivity index is 3.44. The Morgan fingerprint density at radius 1 is 1.88 bits per heavy atom. The molecule has 0 heterocycles. The minimum atomic E-state index is 0.308. The molecule has 4 nitrogen and oxygen atoms in total. The molecule has 0 aliphatic rings. The number of hydrazone groups is 1. The fourth-order valence-corrected chi connectivity index (χ4v) is 0.253. The maximum absolute atomic E-state index is 9.56. The number of carbonyl (C=O) groups is 1. The van der Waals surface area contributed by atoms with Crippen LogP contribution in [0.5, 0.6) is 0 Å². The summed E-state index contributed by atoms with van der Waals surface area (Å²) in [6.45, 7) is 1.90. The lowest BCUT2D eigenvalue weighted by atomic mass is 10.8. The first-order valence-electron chi connectivity index (χ1n) is 2.12. The molecular formula is C4H8N2O2. The molecule has 0 spiro atoms. The van der Waals surface area contributed by atoms with E-state index in [1.807, 2.05) is 0 Å². The van der Waals surface area contributed by atoms with Crippen molar-refractivity contribution in [2.24, 2.45) is 5.10 Å². The first kappa shape index (κ1) is 6.94. The van der Waals surface area contributed by atoms with Gasteiger partial charge in [-0.15, -0.1) is 5.10 Å². The van der Waals surface area contributed by atoms with Crippen molar-refractivity contribution in [3.05, 3.63) is 0 Å². The Kier molecular flexibility index (Phi) is 3.56. The molecule has 0 aliphatic carbocycles. The number of nitrogens with zero attached hydrogens (tertiary/aromatic N) is 1. The van der Waals surface area contributed by atoms with E-state index in [1.165, 1.54) is 0 Å². The molecule has 4 heteroatoms. The van der Waals surface area contributed by atoms with Gasteiger partial charge in [0, 0.05) is 14.0 Å². The van der Waals surface area contributed by atoms with E-state index < -0.39 is 0 Å². The van der Waals surface area contributed by atoms with Gasteiger partial charge in [-0.25, -0.2) is 0 Å². The second-order valence-electron chi connectivity index (χ2n) is 1.07. The largest absolute Gasteiger partial charge is 0.413 e. The van der Waals surface area contributed by atoms with Gasteiger partial charge in [-0.2, -0.15) is 0 Å². The zero-order valence-electron chi connectivity index (χ0n) is 4.84. The standard InChI is InChI=1S/C4H8N2O2/c1-4(6-5-2)8-3-7/h3,5H,1-2H3/b6-4-. The van der Waals surface area contributed by atoms with Gasteiger partial charge >= 0.3 is 0 Å². The smallest absolute Gasteiger partial charge is 0.299 e. The monoisotopic (exact) mass is 116 g/mol. The zero-order chi connectivity index (χ0) is 6.41. The third-order valence-corrected chi connectivity index (χ3v) is 0.488. The maximum Gasteiger partial charge on any atom is 0.299 e. The summed E-state index contributed by atoms with van der Waals surface area (Å²) >= 11 is 0. The first-order chi connectivity index (χ1) is 3.81. The number of nitrogens with one attached hydrogen (secondary N) is 1. The van der Waals surface area contributed by atoms with Crippen molar-refractivity contribution in [3.8, 4) is 0 Å². The van der Waals surface area contributed by atoms with E-state index in [0.717, 1.165) is 0 Å². The van der Waals surface area contributed by atoms with E-state index in [4.69, 9.17) is 0 Å². The topological polar surface area (TPSA) is 50.7 Å². The summed E-state index contributed by atoms with van der Waals surface area (Å²) in [4.78, 5) is 9.56. The van der Waals surface area contributed by atoms with Crippen molar-refractivity contribution >= 4 is 12.4 Å². The van der Waals surface area contributed by atoms with Crippen LogP contribution in [-0.2, 0) is 9.53 Å². The first-order valence-corrected chi connectivity index (χ1v) is 2.12. The number of hydrogen-bond donors (Lipinski definition) is 1. The van der Waals surface area contributed by atoms with Gasteiger partial charge in [-0.1, -0.05) is 0 Å². The molecule has 0 aromatic rings. The van der Waals surface area contributed by atoms with Gasteiger partial charge < -0.3 is 10.2 Å². The highest BCUT2D eigenvalue weighted by Gasteiger charge is 1.83. The minimum Gasteiger partial charge on any atom is -0.413 e. The SMILES string of the molecule is CN/N=C(/C)OC=O. The van der Waals surface area contributed by atoms with Gasteiger partial charge in [0.05, 0.1) is 0 Å². The van der Waals surface area contributed by atoms with E-state index >= 15 is 0 Å². The lowest BCUT2D eigenvalue weighted by Gasteiger charge is -1.91. The third-order valence-electron chi connectivity index (χ3n) is 0.488. The van der Waals surface area contributed by atoms with Crippen LogP contribution >= 0.6 is 0 Å². The van der Waals surface area contributed by atoms with Crippen LogP contribution in [0, 0.1) is 0 Å². The van der Waals surface area contributed by atoms with Crippen LogP contribution in [0.3, 0.4) is 0 Å². The van der Waals surface area contributed by atoms with Crippen LogP contribution in [0.4, 0.5) is 0 Å². The number of carbonyl (C=O) groups excluding carboxylic acids is 1. The molecular weight excluding hydrogens is 108 g/mol. The van der Waals surface area contributed by atoms with Gasteiger partial charge in [-0.05, 0) is 0 Å². The van der Waals surface area contributed by atoms with Crippen molar-refractivity contribution in [1.82, 2.24) is 5.43 Å². The molecule has 0 bridgehead atoms. The van der Waals surface area contributed by atoms with Crippen molar-refractivity contribution in [2.75, 3.05) is 7.05 Å². The van der Waals surface area contributed by atoms with Crippen LogP contribution in [-0.4, -0.2) is 19.4 Å². The molecule has 0 unspecified atom stereocenters. The summed E-state index contributed by atoms with van der Waals surface area (Å²) in [5, 5.41) is 3.53. The Morgan fingerprint density at radius 2 is 2.50 bits per heavy atom. The fourth-order valence-electron chi connectivity index (χ4n) is 0.253. The van der Waals surface area contributed by atoms with E-state index in [1.54, 1.807) is 14.0 Å². The van der Waals surface area contributed by atoms with Crippen molar-refractivity contribution in [2.45, 2.75) is 6.92 Å². The molecule has 0 atom stereocenters. The average molecular weight is 116 g/mol. The van der Waals surface area contributed by atoms with Gasteiger partial charge in [-0.3, -0.25) is 4.79 Å². The molecule has 0 amide bonds. The van der Waals surface area contributed by atoms with Crippen LogP contribution in [0.2, 0.25) is 0 Å². The predicted octanol–water partition coefficient (Wildman–Crippen LogP) is -0.288. The Labute approximate surface area is 47.5 Å². The molecule has 0 rings (SSSR count). The second-order valence-corrected chi connectivity index (χ2v) is 1.07. The van der Waals surface area contributed by atoms with Crippen LogP contribution < -0.4 is 5.43 Å². The van der Waals surface area contributed by atoms with Gasteiger partial charge in [0.2, 0.25) is 5.90 Å². The maximum atomic E-state index is 9.56. The summed E-state index contributed by atoms with van der Waals surface area (Å²) in [7, 11) is 1.62. The minimum absolute atomic E-state index is 0.308. The van der Waals surface area contributed by atoms with E-state index in [2.05, 4.69) is 15.3 Å². The highest BCUT2D eigenvalue weighted by atomic mass is 16.5. The summed E-state index contributed by atoms with van der Waals surface area (Å²) in [5.41, 5.74) is 2.46.